The number of ether oxygens (including phenoxy) is 1. The van der Waals surface area contributed by atoms with Gasteiger partial charge in [0.2, 0.25) is 0 Å². The van der Waals surface area contributed by atoms with Crippen molar-refractivity contribution in [2.45, 2.75) is 59.1 Å². The summed E-state index contributed by atoms with van der Waals surface area (Å²) in [7, 11) is 0. The molecule has 25 heavy (non-hydrogen) atoms. The molecule has 134 valence electrons. The van der Waals surface area contributed by atoms with Crippen LogP contribution < -0.4 is 10.1 Å². The topological polar surface area (TPSA) is 38.3 Å². The molecule has 0 saturated carbocycles. The minimum Gasteiger partial charge on any atom is -0.480 e. The molecule has 1 amide bonds. The van der Waals surface area contributed by atoms with Gasteiger partial charge in [-0.1, -0.05) is 49.4 Å². The molecule has 0 aliphatic heterocycles. The fourth-order valence-electron chi connectivity index (χ4n) is 2.76. The van der Waals surface area contributed by atoms with E-state index in [-0.39, 0.29) is 11.9 Å². The maximum absolute atomic E-state index is 12.6. The molecular formula is C22H29NO2. The first-order valence-electron chi connectivity index (χ1n) is 9.08. The number of hydrogen-bond acceptors (Lipinski definition) is 2. The molecule has 0 spiro atoms. The van der Waals surface area contributed by atoms with Gasteiger partial charge in [-0.05, 0) is 62.8 Å². The van der Waals surface area contributed by atoms with Crippen LogP contribution in [0.15, 0.2) is 48.5 Å². The van der Waals surface area contributed by atoms with Gasteiger partial charge in [0.05, 0.1) is 0 Å². The van der Waals surface area contributed by atoms with Crippen LogP contribution in [-0.4, -0.2) is 18.1 Å². The fourth-order valence-corrected chi connectivity index (χ4v) is 2.76. The van der Waals surface area contributed by atoms with Gasteiger partial charge in [0.25, 0.3) is 5.91 Å². The first-order chi connectivity index (χ1) is 12.0. The molecule has 0 unspecified atom stereocenters. The minimum absolute atomic E-state index is 0.0380. The Hall–Kier alpha value is -2.29. The van der Waals surface area contributed by atoms with Crippen molar-refractivity contribution in [2.75, 3.05) is 0 Å². The van der Waals surface area contributed by atoms with E-state index in [2.05, 4.69) is 30.4 Å². The number of nitrogens with one attached hydrogen (secondary N) is 1. The molecule has 2 atom stereocenters. The quantitative estimate of drug-likeness (QED) is 0.763. The van der Waals surface area contributed by atoms with Crippen LogP contribution >= 0.6 is 0 Å². The highest BCUT2D eigenvalue weighted by atomic mass is 16.5. The zero-order valence-corrected chi connectivity index (χ0v) is 15.7. The lowest BCUT2D eigenvalue weighted by Crippen LogP contribution is -2.42. The molecule has 0 heterocycles. The normalized spacial score (nSPS) is 13.1. The van der Waals surface area contributed by atoms with E-state index in [0.29, 0.717) is 6.42 Å². The Morgan fingerprint density at radius 1 is 1.08 bits per heavy atom. The SMILES string of the molecule is CC[C@@H](Oc1cccc(C)c1C)C(=O)N[C@H](C)CCc1ccccc1. The summed E-state index contributed by atoms with van der Waals surface area (Å²) in [6.45, 7) is 8.10. The van der Waals surface area contributed by atoms with Crippen LogP contribution in [0.5, 0.6) is 5.75 Å². The van der Waals surface area contributed by atoms with E-state index in [1.54, 1.807) is 0 Å². The van der Waals surface area contributed by atoms with Crippen molar-refractivity contribution in [2.24, 2.45) is 0 Å². The van der Waals surface area contributed by atoms with E-state index in [0.717, 1.165) is 24.2 Å². The Kier molecular flexibility index (Phi) is 7.05. The molecule has 0 aromatic heterocycles. The van der Waals surface area contributed by atoms with Crippen LogP contribution in [-0.2, 0) is 11.2 Å². The Morgan fingerprint density at radius 3 is 2.48 bits per heavy atom. The number of hydrogen-bond donors (Lipinski definition) is 1. The second-order valence-corrected chi connectivity index (χ2v) is 6.65. The Bertz CT molecular complexity index is 682. The molecule has 2 aromatic rings. The van der Waals surface area contributed by atoms with Crippen LogP contribution in [0.1, 0.15) is 43.4 Å². The van der Waals surface area contributed by atoms with Crippen LogP contribution in [0, 0.1) is 13.8 Å². The summed E-state index contributed by atoms with van der Waals surface area (Å²) < 4.78 is 5.99. The number of benzene rings is 2. The van der Waals surface area contributed by atoms with Gasteiger partial charge >= 0.3 is 0 Å². The van der Waals surface area contributed by atoms with Gasteiger partial charge in [-0.15, -0.1) is 0 Å². The van der Waals surface area contributed by atoms with Crippen LogP contribution in [0.4, 0.5) is 0 Å². The van der Waals surface area contributed by atoms with Crippen molar-refractivity contribution in [1.82, 2.24) is 5.32 Å². The summed E-state index contributed by atoms with van der Waals surface area (Å²) in [6, 6.07) is 16.4. The summed E-state index contributed by atoms with van der Waals surface area (Å²) in [5, 5.41) is 3.09. The summed E-state index contributed by atoms with van der Waals surface area (Å²) in [6.07, 6.45) is 2.05. The molecule has 1 N–H and O–H groups in total. The Morgan fingerprint density at radius 2 is 1.80 bits per heavy atom. The van der Waals surface area contributed by atoms with Crippen molar-refractivity contribution < 1.29 is 9.53 Å². The van der Waals surface area contributed by atoms with Crippen molar-refractivity contribution in [3.63, 3.8) is 0 Å². The van der Waals surface area contributed by atoms with Gasteiger partial charge in [0.1, 0.15) is 5.75 Å². The van der Waals surface area contributed by atoms with Gasteiger partial charge in [0.15, 0.2) is 6.10 Å². The van der Waals surface area contributed by atoms with Crippen molar-refractivity contribution >= 4 is 5.91 Å². The summed E-state index contributed by atoms with van der Waals surface area (Å²) in [5.74, 6) is 0.753. The second kappa shape index (κ2) is 9.26. The molecule has 0 aliphatic carbocycles. The molecule has 0 saturated heterocycles. The van der Waals surface area contributed by atoms with Gasteiger partial charge in [-0.3, -0.25) is 4.79 Å². The lowest BCUT2D eigenvalue weighted by atomic mass is 10.1. The summed E-state index contributed by atoms with van der Waals surface area (Å²) >= 11 is 0. The van der Waals surface area contributed by atoms with Crippen molar-refractivity contribution in [3.8, 4) is 5.75 Å². The molecule has 0 radical (unpaired) electrons. The van der Waals surface area contributed by atoms with E-state index < -0.39 is 6.10 Å². The second-order valence-electron chi connectivity index (χ2n) is 6.65. The molecule has 0 aliphatic rings. The molecule has 3 heteroatoms. The average molecular weight is 339 g/mol. The zero-order chi connectivity index (χ0) is 18.2. The predicted molar refractivity (Wildman–Crippen MR) is 103 cm³/mol. The van der Waals surface area contributed by atoms with Gasteiger partial charge in [0, 0.05) is 6.04 Å². The summed E-state index contributed by atoms with van der Waals surface area (Å²) in [5.41, 5.74) is 3.55. The minimum atomic E-state index is -0.459. The Labute approximate surface area is 151 Å². The third-order valence-corrected chi connectivity index (χ3v) is 4.58. The van der Waals surface area contributed by atoms with E-state index in [9.17, 15) is 4.79 Å². The van der Waals surface area contributed by atoms with E-state index in [1.165, 1.54) is 11.1 Å². The molecule has 2 rings (SSSR count). The van der Waals surface area contributed by atoms with Crippen molar-refractivity contribution in [3.05, 3.63) is 65.2 Å². The number of amides is 1. The van der Waals surface area contributed by atoms with Gasteiger partial charge in [-0.25, -0.2) is 0 Å². The largest absolute Gasteiger partial charge is 0.480 e. The monoisotopic (exact) mass is 339 g/mol. The maximum atomic E-state index is 12.6. The number of carbonyl (C=O) groups excluding carboxylic acids is 1. The van der Waals surface area contributed by atoms with E-state index in [1.807, 2.05) is 51.1 Å². The standard InChI is InChI=1S/C22H29NO2/c1-5-20(25-21-13-9-10-16(2)18(21)4)22(24)23-17(3)14-15-19-11-7-6-8-12-19/h6-13,17,20H,5,14-15H2,1-4H3,(H,23,24)/t17-,20-/m1/s1. The first-order valence-corrected chi connectivity index (χ1v) is 9.08. The molecular weight excluding hydrogens is 310 g/mol. The maximum Gasteiger partial charge on any atom is 0.261 e. The van der Waals surface area contributed by atoms with Crippen molar-refractivity contribution in [1.29, 1.82) is 0 Å². The van der Waals surface area contributed by atoms with E-state index >= 15 is 0 Å². The number of rotatable bonds is 8. The highest BCUT2D eigenvalue weighted by Gasteiger charge is 2.21. The number of aryl methyl sites for hydroxylation is 2. The highest BCUT2D eigenvalue weighted by Crippen LogP contribution is 2.22. The van der Waals surface area contributed by atoms with E-state index in [4.69, 9.17) is 4.74 Å². The van der Waals surface area contributed by atoms with Gasteiger partial charge in [-0.2, -0.15) is 0 Å². The lowest BCUT2D eigenvalue weighted by molar-refractivity contribution is -0.128. The smallest absolute Gasteiger partial charge is 0.261 e. The van der Waals surface area contributed by atoms with Crippen LogP contribution in [0.2, 0.25) is 0 Å². The van der Waals surface area contributed by atoms with Crippen LogP contribution in [0.25, 0.3) is 0 Å². The average Bonchev–Trinajstić information content (AvgIpc) is 2.62. The lowest BCUT2D eigenvalue weighted by Gasteiger charge is -2.22. The Balaban J connectivity index is 1.89. The highest BCUT2D eigenvalue weighted by molar-refractivity contribution is 5.81. The fraction of sp³-hybridized carbons (Fsp3) is 0.409. The first kappa shape index (κ1) is 19.0. The number of carbonyl (C=O) groups is 1. The predicted octanol–water partition coefficient (Wildman–Crippen LogP) is 4.60. The third kappa shape index (κ3) is 5.63. The van der Waals surface area contributed by atoms with Crippen LogP contribution in [0.3, 0.4) is 0 Å². The molecule has 0 bridgehead atoms. The zero-order valence-electron chi connectivity index (χ0n) is 15.7. The summed E-state index contributed by atoms with van der Waals surface area (Å²) in [4.78, 5) is 12.6. The van der Waals surface area contributed by atoms with Gasteiger partial charge < -0.3 is 10.1 Å². The third-order valence-electron chi connectivity index (χ3n) is 4.58. The molecule has 0 fully saturated rings. The molecule has 2 aromatic carbocycles. The molecule has 3 nitrogen and oxygen atoms in total.